The van der Waals surface area contributed by atoms with Gasteiger partial charge in [0.2, 0.25) is 5.91 Å². The van der Waals surface area contributed by atoms with Crippen LogP contribution < -0.4 is 16.2 Å². The maximum absolute atomic E-state index is 12.5. The van der Waals surface area contributed by atoms with Crippen LogP contribution in [0.15, 0.2) is 24.3 Å². The maximum Gasteiger partial charge on any atom is 0.240 e. The number of hydrogen-bond acceptors (Lipinski definition) is 3. The number of hydrogen-bond donors (Lipinski definition) is 2. The molecular weight excluding hydrogens is 199 g/mol. The molecule has 0 heterocycles. The molecule has 1 atom stereocenters. The van der Waals surface area contributed by atoms with Crippen LogP contribution in [0.25, 0.3) is 0 Å². The first-order valence-corrected chi connectivity index (χ1v) is 4.39. The molecule has 1 unspecified atom stereocenters. The molecule has 1 rings (SSSR count). The van der Waals surface area contributed by atoms with Gasteiger partial charge in [0.25, 0.3) is 0 Å². The highest BCUT2D eigenvalue weighted by molar-refractivity contribution is 5.84. The first kappa shape index (κ1) is 11.5. The highest BCUT2D eigenvalue weighted by Crippen LogP contribution is 2.12. The second-order valence-electron chi connectivity index (χ2n) is 3.52. The Balaban J connectivity index is 2.57. The molecule has 0 aliphatic rings. The lowest BCUT2D eigenvalue weighted by Crippen LogP contribution is -2.53. The molecule has 1 aromatic carbocycles. The van der Waals surface area contributed by atoms with E-state index in [1.54, 1.807) is 0 Å². The fraction of sp³-hybridized carbons (Fsp3) is 0.300. The summed E-state index contributed by atoms with van der Waals surface area (Å²) in [6.07, 6.45) is 0. The van der Waals surface area contributed by atoms with Crippen molar-refractivity contribution >= 4 is 5.91 Å². The van der Waals surface area contributed by atoms with Gasteiger partial charge >= 0.3 is 0 Å². The number of benzene rings is 1. The molecule has 1 amide bonds. The third-order valence-electron chi connectivity index (χ3n) is 1.92. The van der Waals surface area contributed by atoms with E-state index in [0.29, 0.717) is 5.75 Å². The van der Waals surface area contributed by atoms with Crippen LogP contribution in [0.1, 0.15) is 6.92 Å². The van der Waals surface area contributed by atoms with Crippen LogP contribution in [-0.2, 0) is 4.79 Å². The van der Waals surface area contributed by atoms with Crippen molar-refractivity contribution < 1.29 is 13.9 Å². The Kier molecular flexibility index (Phi) is 3.26. The Labute approximate surface area is 87.0 Å². The van der Waals surface area contributed by atoms with Crippen LogP contribution in [-0.4, -0.2) is 18.1 Å². The summed E-state index contributed by atoms with van der Waals surface area (Å²) in [4.78, 5) is 10.9. The quantitative estimate of drug-likeness (QED) is 0.758. The number of primary amides is 1. The van der Waals surface area contributed by atoms with E-state index >= 15 is 0 Å². The summed E-state index contributed by atoms with van der Waals surface area (Å²) < 4.78 is 17.7. The summed E-state index contributed by atoms with van der Waals surface area (Å²) in [6, 6.07) is 5.42. The minimum atomic E-state index is -1.23. The van der Waals surface area contributed by atoms with Gasteiger partial charge < -0.3 is 16.2 Å². The third kappa shape index (κ3) is 3.21. The van der Waals surface area contributed by atoms with Crippen LogP contribution in [0.3, 0.4) is 0 Å². The third-order valence-corrected chi connectivity index (χ3v) is 1.92. The normalized spacial score (nSPS) is 14.3. The van der Waals surface area contributed by atoms with E-state index in [4.69, 9.17) is 16.2 Å². The Hall–Kier alpha value is -1.62. The Morgan fingerprint density at radius 2 is 2.00 bits per heavy atom. The van der Waals surface area contributed by atoms with Gasteiger partial charge in [0.1, 0.15) is 23.7 Å². The van der Waals surface area contributed by atoms with Crippen LogP contribution in [0.5, 0.6) is 5.75 Å². The van der Waals surface area contributed by atoms with E-state index in [-0.39, 0.29) is 12.4 Å². The summed E-state index contributed by atoms with van der Waals surface area (Å²) in [6.45, 7) is 1.42. The fourth-order valence-corrected chi connectivity index (χ4v) is 0.835. The van der Waals surface area contributed by atoms with Crippen molar-refractivity contribution in [3.8, 4) is 5.75 Å². The molecule has 0 aromatic heterocycles. The summed E-state index contributed by atoms with van der Waals surface area (Å²) in [5.74, 6) is -0.563. The zero-order valence-corrected chi connectivity index (χ0v) is 8.37. The monoisotopic (exact) mass is 212 g/mol. The molecule has 0 spiro atoms. The van der Waals surface area contributed by atoms with Gasteiger partial charge in [-0.15, -0.1) is 0 Å². The molecule has 4 N–H and O–H groups in total. The van der Waals surface area contributed by atoms with E-state index < -0.39 is 11.4 Å². The smallest absolute Gasteiger partial charge is 0.240 e. The number of carbonyl (C=O) groups is 1. The highest BCUT2D eigenvalue weighted by atomic mass is 19.1. The van der Waals surface area contributed by atoms with E-state index in [0.717, 1.165) is 0 Å². The second-order valence-corrected chi connectivity index (χ2v) is 3.52. The van der Waals surface area contributed by atoms with Crippen molar-refractivity contribution in [3.63, 3.8) is 0 Å². The van der Waals surface area contributed by atoms with E-state index in [1.807, 2.05) is 0 Å². The Morgan fingerprint density at radius 3 is 2.47 bits per heavy atom. The van der Waals surface area contributed by atoms with Crippen LogP contribution in [0.2, 0.25) is 0 Å². The predicted octanol–water partition coefficient (Wildman–Crippen LogP) is 0.407. The molecule has 4 nitrogen and oxygen atoms in total. The predicted molar refractivity (Wildman–Crippen MR) is 53.7 cm³/mol. The van der Waals surface area contributed by atoms with Gasteiger partial charge in [-0.25, -0.2) is 4.39 Å². The number of ether oxygens (including phenoxy) is 1. The summed E-state index contributed by atoms with van der Waals surface area (Å²) in [5, 5.41) is 0. The molecule has 0 saturated heterocycles. The first-order chi connectivity index (χ1) is 6.92. The standard InChI is InChI=1S/C10H13FN2O2/c1-10(13,9(12)14)6-15-8-4-2-7(11)3-5-8/h2-5H,6,13H2,1H3,(H2,12,14). The topological polar surface area (TPSA) is 78.3 Å². The van der Waals surface area contributed by atoms with Crippen molar-refractivity contribution in [2.75, 3.05) is 6.61 Å². The van der Waals surface area contributed by atoms with Crippen LogP contribution in [0.4, 0.5) is 4.39 Å². The SMILES string of the molecule is CC(N)(COc1ccc(F)cc1)C(N)=O. The lowest BCUT2D eigenvalue weighted by molar-refractivity contribution is -0.123. The first-order valence-electron chi connectivity index (χ1n) is 4.39. The molecule has 1 aromatic rings. The van der Waals surface area contributed by atoms with Gasteiger partial charge in [0, 0.05) is 0 Å². The van der Waals surface area contributed by atoms with Gasteiger partial charge in [-0.1, -0.05) is 0 Å². The average molecular weight is 212 g/mol. The highest BCUT2D eigenvalue weighted by Gasteiger charge is 2.26. The van der Waals surface area contributed by atoms with Crippen molar-refractivity contribution in [1.82, 2.24) is 0 Å². The lowest BCUT2D eigenvalue weighted by atomic mass is 10.1. The second kappa shape index (κ2) is 4.27. The van der Waals surface area contributed by atoms with Gasteiger partial charge in [0.15, 0.2) is 0 Å². The van der Waals surface area contributed by atoms with Gasteiger partial charge in [0.05, 0.1) is 0 Å². The molecule has 0 aliphatic heterocycles. The molecule has 0 saturated carbocycles. The van der Waals surface area contributed by atoms with Gasteiger partial charge in [-0.3, -0.25) is 4.79 Å². The average Bonchev–Trinajstić information content (AvgIpc) is 2.17. The van der Waals surface area contributed by atoms with Gasteiger partial charge in [-0.05, 0) is 31.2 Å². The number of nitrogens with two attached hydrogens (primary N) is 2. The molecular formula is C10H13FN2O2. The minimum absolute atomic E-state index is 0.0477. The van der Waals surface area contributed by atoms with Crippen molar-refractivity contribution in [3.05, 3.63) is 30.1 Å². The number of carbonyl (C=O) groups excluding carboxylic acids is 1. The zero-order valence-electron chi connectivity index (χ0n) is 8.37. The molecule has 0 aliphatic carbocycles. The minimum Gasteiger partial charge on any atom is -0.491 e. The van der Waals surface area contributed by atoms with E-state index in [9.17, 15) is 9.18 Å². The zero-order chi connectivity index (χ0) is 11.5. The Bertz CT molecular complexity index is 349. The van der Waals surface area contributed by atoms with Gasteiger partial charge in [-0.2, -0.15) is 0 Å². The maximum atomic E-state index is 12.5. The lowest BCUT2D eigenvalue weighted by Gasteiger charge is -2.20. The number of amides is 1. The molecule has 0 fully saturated rings. The summed E-state index contributed by atoms with van der Waals surface area (Å²) in [5.41, 5.74) is 9.39. The molecule has 15 heavy (non-hydrogen) atoms. The molecule has 0 bridgehead atoms. The van der Waals surface area contributed by atoms with E-state index in [2.05, 4.69) is 0 Å². The van der Waals surface area contributed by atoms with Crippen LogP contribution in [0, 0.1) is 5.82 Å². The van der Waals surface area contributed by atoms with Crippen molar-refractivity contribution in [2.24, 2.45) is 11.5 Å². The number of rotatable bonds is 4. The van der Waals surface area contributed by atoms with E-state index in [1.165, 1.54) is 31.2 Å². The summed E-state index contributed by atoms with van der Waals surface area (Å²) in [7, 11) is 0. The Morgan fingerprint density at radius 1 is 1.47 bits per heavy atom. The molecule has 5 heteroatoms. The summed E-state index contributed by atoms with van der Waals surface area (Å²) >= 11 is 0. The largest absolute Gasteiger partial charge is 0.491 e. The van der Waals surface area contributed by atoms with Crippen molar-refractivity contribution in [1.29, 1.82) is 0 Å². The van der Waals surface area contributed by atoms with Crippen molar-refractivity contribution in [2.45, 2.75) is 12.5 Å². The number of halogens is 1. The molecule has 82 valence electrons. The fourth-order valence-electron chi connectivity index (χ4n) is 0.835. The molecule has 0 radical (unpaired) electrons. The van der Waals surface area contributed by atoms with Crippen LogP contribution >= 0.6 is 0 Å².